The standard InChI is InChI=1S/C12H17N3OS.ClH/c1-8-14-7-11(17-8)12(16)15-9-2-3-10(15)6-13-5-4-9;/h7,9-10,13H,2-6H2,1H3;1H. The molecular formula is C12H18ClN3OS. The van der Waals surface area contributed by atoms with Gasteiger partial charge < -0.3 is 10.2 Å². The minimum Gasteiger partial charge on any atom is -0.331 e. The molecule has 0 saturated carbocycles. The summed E-state index contributed by atoms with van der Waals surface area (Å²) >= 11 is 1.51. The van der Waals surface area contributed by atoms with Gasteiger partial charge >= 0.3 is 0 Å². The number of carbonyl (C=O) groups is 1. The predicted molar refractivity (Wildman–Crippen MR) is 74.6 cm³/mol. The minimum absolute atomic E-state index is 0. The molecule has 1 amide bonds. The normalized spacial score (nSPS) is 26.6. The SMILES string of the molecule is Cc1ncc(C(=O)N2C3CCNCC2CC3)s1.Cl. The smallest absolute Gasteiger partial charge is 0.266 e. The Bertz CT molecular complexity index is 423. The molecule has 0 aliphatic carbocycles. The van der Waals surface area contributed by atoms with E-state index in [1.165, 1.54) is 11.3 Å². The Balaban J connectivity index is 0.00000120. The fourth-order valence-corrected chi connectivity index (χ4v) is 3.62. The highest BCUT2D eigenvalue weighted by atomic mass is 35.5. The third-order valence-corrected chi connectivity index (χ3v) is 4.62. The highest BCUT2D eigenvalue weighted by Gasteiger charge is 2.38. The summed E-state index contributed by atoms with van der Waals surface area (Å²) in [5, 5.41) is 4.38. The van der Waals surface area contributed by atoms with Crippen LogP contribution in [0.15, 0.2) is 6.20 Å². The second-order valence-electron chi connectivity index (χ2n) is 4.83. The molecule has 2 unspecified atom stereocenters. The molecule has 2 aliphatic rings. The zero-order valence-corrected chi connectivity index (χ0v) is 12.0. The Labute approximate surface area is 117 Å². The van der Waals surface area contributed by atoms with Gasteiger partial charge in [0.15, 0.2) is 0 Å². The average molecular weight is 288 g/mol. The van der Waals surface area contributed by atoms with Crippen molar-refractivity contribution in [2.75, 3.05) is 13.1 Å². The van der Waals surface area contributed by atoms with Gasteiger partial charge in [-0.1, -0.05) is 0 Å². The molecule has 2 saturated heterocycles. The summed E-state index contributed by atoms with van der Waals surface area (Å²) in [6.07, 6.45) is 5.11. The third kappa shape index (κ3) is 2.39. The van der Waals surface area contributed by atoms with Crippen LogP contribution in [0.1, 0.15) is 33.9 Å². The lowest BCUT2D eigenvalue weighted by Crippen LogP contribution is -2.42. The number of nitrogens with one attached hydrogen (secondary N) is 1. The molecule has 3 heterocycles. The summed E-state index contributed by atoms with van der Waals surface area (Å²) in [6.45, 7) is 3.92. The maximum absolute atomic E-state index is 12.5. The van der Waals surface area contributed by atoms with E-state index in [2.05, 4.69) is 15.2 Å². The van der Waals surface area contributed by atoms with Crippen LogP contribution in [0.5, 0.6) is 0 Å². The Morgan fingerprint density at radius 3 is 2.94 bits per heavy atom. The molecule has 2 aliphatic heterocycles. The Morgan fingerprint density at radius 1 is 1.44 bits per heavy atom. The topological polar surface area (TPSA) is 45.2 Å². The van der Waals surface area contributed by atoms with Gasteiger partial charge in [-0.15, -0.1) is 23.7 Å². The number of aromatic nitrogens is 1. The summed E-state index contributed by atoms with van der Waals surface area (Å²) in [6, 6.07) is 0.822. The molecule has 2 fully saturated rings. The molecule has 100 valence electrons. The largest absolute Gasteiger partial charge is 0.331 e. The average Bonchev–Trinajstić information content (AvgIpc) is 2.81. The van der Waals surface area contributed by atoms with E-state index in [4.69, 9.17) is 0 Å². The van der Waals surface area contributed by atoms with Crippen molar-refractivity contribution >= 4 is 29.7 Å². The first-order chi connectivity index (χ1) is 8.25. The molecule has 2 atom stereocenters. The van der Waals surface area contributed by atoms with Crippen LogP contribution in [0.25, 0.3) is 0 Å². The lowest BCUT2D eigenvalue weighted by molar-refractivity contribution is 0.0685. The zero-order valence-electron chi connectivity index (χ0n) is 10.4. The van der Waals surface area contributed by atoms with Crippen molar-refractivity contribution < 1.29 is 4.79 Å². The van der Waals surface area contributed by atoms with Gasteiger partial charge in [-0.3, -0.25) is 4.79 Å². The van der Waals surface area contributed by atoms with Crippen molar-refractivity contribution in [3.05, 3.63) is 16.1 Å². The van der Waals surface area contributed by atoms with E-state index >= 15 is 0 Å². The number of fused-ring (bicyclic) bond motifs is 2. The van der Waals surface area contributed by atoms with Crippen LogP contribution >= 0.6 is 23.7 Å². The number of carbonyl (C=O) groups excluding carboxylic acids is 1. The number of thiazole rings is 1. The zero-order chi connectivity index (χ0) is 11.8. The first kappa shape index (κ1) is 13.8. The molecule has 2 bridgehead atoms. The Morgan fingerprint density at radius 2 is 2.22 bits per heavy atom. The first-order valence-electron chi connectivity index (χ1n) is 6.21. The van der Waals surface area contributed by atoms with Gasteiger partial charge in [-0.2, -0.15) is 0 Å². The second-order valence-corrected chi connectivity index (χ2v) is 6.07. The van der Waals surface area contributed by atoms with Gasteiger partial charge in [0.1, 0.15) is 4.88 Å². The number of nitrogens with zero attached hydrogens (tertiary/aromatic N) is 2. The van der Waals surface area contributed by atoms with Gasteiger partial charge in [-0.05, 0) is 32.7 Å². The molecule has 3 rings (SSSR count). The van der Waals surface area contributed by atoms with Gasteiger partial charge in [0, 0.05) is 18.6 Å². The monoisotopic (exact) mass is 287 g/mol. The quantitative estimate of drug-likeness (QED) is 0.857. The van der Waals surface area contributed by atoms with E-state index in [0.717, 1.165) is 42.2 Å². The highest BCUT2D eigenvalue weighted by molar-refractivity contribution is 7.13. The van der Waals surface area contributed by atoms with Crippen molar-refractivity contribution in [2.24, 2.45) is 0 Å². The number of rotatable bonds is 1. The number of amides is 1. The molecule has 0 aromatic carbocycles. The van der Waals surface area contributed by atoms with Crippen LogP contribution in [0, 0.1) is 6.92 Å². The van der Waals surface area contributed by atoms with Crippen molar-refractivity contribution in [1.29, 1.82) is 0 Å². The maximum atomic E-state index is 12.5. The lowest BCUT2D eigenvalue weighted by Gasteiger charge is -2.27. The van der Waals surface area contributed by atoms with E-state index in [1.54, 1.807) is 6.20 Å². The number of halogens is 1. The van der Waals surface area contributed by atoms with E-state index in [1.807, 2.05) is 6.92 Å². The molecule has 0 spiro atoms. The van der Waals surface area contributed by atoms with E-state index in [-0.39, 0.29) is 18.3 Å². The number of hydrogen-bond donors (Lipinski definition) is 1. The van der Waals surface area contributed by atoms with Gasteiger partial charge in [0.2, 0.25) is 0 Å². The first-order valence-corrected chi connectivity index (χ1v) is 7.03. The van der Waals surface area contributed by atoms with Crippen LogP contribution in [0.2, 0.25) is 0 Å². The number of hydrogen-bond acceptors (Lipinski definition) is 4. The summed E-state index contributed by atoms with van der Waals surface area (Å²) in [4.78, 5) is 19.6. The minimum atomic E-state index is 0. The van der Waals surface area contributed by atoms with Gasteiger partial charge in [-0.25, -0.2) is 4.98 Å². The van der Waals surface area contributed by atoms with Crippen LogP contribution in [0.4, 0.5) is 0 Å². The molecule has 6 heteroatoms. The van der Waals surface area contributed by atoms with Crippen LogP contribution < -0.4 is 5.32 Å². The third-order valence-electron chi connectivity index (χ3n) is 3.72. The van der Waals surface area contributed by atoms with Crippen molar-refractivity contribution in [3.8, 4) is 0 Å². The van der Waals surface area contributed by atoms with Crippen LogP contribution in [0.3, 0.4) is 0 Å². The van der Waals surface area contributed by atoms with Crippen LogP contribution in [-0.4, -0.2) is 41.0 Å². The Hall–Kier alpha value is -0.650. The highest BCUT2D eigenvalue weighted by Crippen LogP contribution is 2.30. The second kappa shape index (κ2) is 5.55. The van der Waals surface area contributed by atoms with E-state index in [0.29, 0.717) is 12.1 Å². The molecular weight excluding hydrogens is 270 g/mol. The fourth-order valence-electron chi connectivity index (χ4n) is 2.90. The van der Waals surface area contributed by atoms with E-state index < -0.39 is 0 Å². The summed E-state index contributed by atoms with van der Waals surface area (Å²) in [5.41, 5.74) is 0. The summed E-state index contributed by atoms with van der Waals surface area (Å²) in [7, 11) is 0. The number of aryl methyl sites for hydroxylation is 1. The molecule has 4 nitrogen and oxygen atoms in total. The van der Waals surface area contributed by atoms with Crippen molar-refractivity contribution in [1.82, 2.24) is 15.2 Å². The van der Waals surface area contributed by atoms with Crippen molar-refractivity contribution in [2.45, 2.75) is 38.3 Å². The fraction of sp³-hybridized carbons (Fsp3) is 0.667. The van der Waals surface area contributed by atoms with Gasteiger partial charge in [0.25, 0.3) is 5.91 Å². The lowest BCUT2D eigenvalue weighted by atomic mass is 10.1. The predicted octanol–water partition coefficient (Wildman–Crippen LogP) is 1.84. The summed E-state index contributed by atoms with van der Waals surface area (Å²) < 4.78 is 0. The Kier molecular flexibility index (Phi) is 4.25. The molecule has 1 aromatic heterocycles. The molecule has 0 radical (unpaired) electrons. The van der Waals surface area contributed by atoms with Crippen LogP contribution in [-0.2, 0) is 0 Å². The maximum Gasteiger partial charge on any atom is 0.266 e. The molecule has 1 aromatic rings. The summed E-state index contributed by atoms with van der Waals surface area (Å²) in [5.74, 6) is 0.187. The van der Waals surface area contributed by atoms with E-state index in [9.17, 15) is 4.79 Å². The van der Waals surface area contributed by atoms with Crippen molar-refractivity contribution in [3.63, 3.8) is 0 Å². The molecule has 1 N–H and O–H groups in total. The van der Waals surface area contributed by atoms with Gasteiger partial charge in [0.05, 0.1) is 11.2 Å². The molecule has 18 heavy (non-hydrogen) atoms.